The van der Waals surface area contributed by atoms with Crippen LogP contribution >= 0.6 is 11.8 Å². The summed E-state index contributed by atoms with van der Waals surface area (Å²) in [6.07, 6.45) is 0.714. The molecule has 72 valence electrons. The van der Waals surface area contributed by atoms with Gasteiger partial charge >= 0.3 is 5.97 Å². The van der Waals surface area contributed by atoms with E-state index >= 15 is 0 Å². The Balaban J connectivity index is 3.67. The third kappa shape index (κ3) is 4.62. The maximum atomic E-state index is 10.9. The van der Waals surface area contributed by atoms with E-state index in [0.29, 0.717) is 11.7 Å². The van der Waals surface area contributed by atoms with E-state index < -0.39 is 0 Å². The van der Waals surface area contributed by atoms with Crippen molar-refractivity contribution in [3.05, 3.63) is 0 Å². The van der Waals surface area contributed by atoms with Gasteiger partial charge in [-0.1, -0.05) is 6.92 Å². The van der Waals surface area contributed by atoms with Crippen LogP contribution in [0, 0.1) is 0 Å². The maximum absolute atomic E-state index is 10.9. The van der Waals surface area contributed by atoms with Crippen molar-refractivity contribution < 1.29 is 14.6 Å². The first-order valence-corrected chi connectivity index (χ1v) is 4.90. The zero-order chi connectivity index (χ0) is 9.56. The molecule has 0 rings (SSSR count). The van der Waals surface area contributed by atoms with Gasteiger partial charge in [0, 0.05) is 11.9 Å². The summed E-state index contributed by atoms with van der Waals surface area (Å²) in [5.41, 5.74) is 0. The largest absolute Gasteiger partial charge is 0.468 e. The summed E-state index contributed by atoms with van der Waals surface area (Å²) in [5.74, 6) is -0.204. The molecule has 0 saturated carbocycles. The molecule has 0 aliphatic rings. The van der Waals surface area contributed by atoms with Gasteiger partial charge in [0.2, 0.25) is 0 Å². The van der Waals surface area contributed by atoms with Crippen LogP contribution < -0.4 is 0 Å². The number of hydrogen-bond acceptors (Lipinski definition) is 4. The van der Waals surface area contributed by atoms with Gasteiger partial charge < -0.3 is 9.84 Å². The lowest BCUT2D eigenvalue weighted by molar-refractivity contribution is -0.139. The predicted octanol–water partition coefficient (Wildman–Crippen LogP) is 1.05. The Labute approximate surface area is 77.5 Å². The zero-order valence-electron chi connectivity index (χ0n) is 7.74. The summed E-state index contributed by atoms with van der Waals surface area (Å²) in [7, 11) is 1.39. The van der Waals surface area contributed by atoms with Crippen LogP contribution in [0.5, 0.6) is 0 Å². The Bertz CT molecular complexity index is 138. The highest BCUT2D eigenvalue weighted by atomic mass is 32.2. The Morgan fingerprint density at radius 2 is 2.17 bits per heavy atom. The van der Waals surface area contributed by atoms with Crippen molar-refractivity contribution in [1.29, 1.82) is 0 Å². The van der Waals surface area contributed by atoms with Crippen LogP contribution in [0.4, 0.5) is 0 Å². The molecule has 2 atom stereocenters. The SMILES string of the molecule is COC(=O)C(C)SC(C)CCO. The molecular formula is C8H16O3S. The number of ether oxygens (including phenoxy) is 1. The van der Waals surface area contributed by atoms with Crippen LogP contribution in [0.2, 0.25) is 0 Å². The fourth-order valence-electron chi connectivity index (χ4n) is 0.820. The number of thioether (sulfide) groups is 1. The number of methoxy groups -OCH3 is 1. The molecule has 4 heteroatoms. The first-order chi connectivity index (χ1) is 5.61. The number of esters is 1. The molecule has 2 unspecified atom stereocenters. The molecule has 1 N–H and O–H groups in total. The van der Waals surface area contributed by atoms with Crippen molar-refractivity contribution >= 4 is 17.7 Å². The smallest absolute Gasteiger partial charge is 0.318 e. The third-order valence-electron chi connectivity index (χ3n) is 1.51. The van der Waals surface area contributed by atoms with Crippen LogP contribution in [0.15, 0.2) is 0 Å². The predicted molar refractivity (Wildman–Crippen MR) is 50.2 cm³/mol. The minimum Gasteiger partial charge on any atom is -0.468 e. The molecule has 12 heavy (non-hydrogen) atoms. The summed E-state index contributed by atoms with van der Waals surface area (Å²) in [6.45, 7) is 3.97. The molecule has 0 aliphatic carbocycles. The van der Waals surface area contributed by atoms with E-state index in [-0.39, 0.29) is 17.8 Å². The second-order valence-corrected chi connectivity index (χ2v) is 4.41. The van der Waals surface area contributed by atoms with Gasteiger partial charge in [0.1, 0.15) is 0 Å². The van der Waals surface area contributed by atoms with Crippen LogP contribution in [0.25, 0.3) is 0 Å². The third-order valence-corrected chi connectivity index (χ3v) is 2.81. The molecule has 0 spiro atoms. The summed E-state index contributed by atoms with van der Waals surface area (Å²) in [4.78, 5) is 10.9. The van der Waals surface area contributed by atoms with Gasteiger partial charge in [0.25, 0.3) is 0 Å². The van der Waals surface area contributed by atoms with Gasteiger partial charge in [0.15, 0.2) is 0 Å². The molecule has 0 aromatic carbocycles. The van der Waals surface area contributed by atoms with Gasteiger partial charge in [-0.15, -0.1) is 11.8 Å². The molecule has 0 aromatic rings. The monoisotopic (exact) mass is 192 g/mol. The van der Waals surface area contributed by atoms with Crippen molar-refractivity contribution in [2.45, 2.75) is 30.8 Å². The highest BCUT2D eigenvalue weighted by molar-refractivity contribution is 8.01. The Morgan fingerprint density at radius 1 is 1.58 bits per heavy atom. The van der Waals surface area contributed by atoms with E-state index in [2.05, 4.69) is 4.74 Å². The second kappa shape index (κ2) is 6.31. The first-order valence-electron chi connectivity index (χ1n) is 3.96. The Kier molecular flexibility index (Phi) is 6.20. The minimum atomic E-state index is -0.204. The van der Waals surface area contributed by atoms with Crippen molar-refractivity contribution in [2.24, 2.45) is 0 Å². The lowest BCUT2D eigenvalue weighted by atomic mass is 10.3. The second-order valence-electron chi connectivity index (χ2n) is 2.62. The molecule has 0 fully saturated rings. The summed E-state index contributed by atoms with van der Waals surface area (Å²) in [6, 6.07) is 0. The van der Waals surface area contributed by atoms with Gasteiger partial charge in [-0.2, -0.15) is 0 Å². The highest BCUT2D eigenvalue weighted by Gasteiger charge is 2.16. The number of aliphatic hydroxyl groups is 1. The quantitative estimate of drug-likeness (QED) is 0.661. The molecule has 0 bridgehead atoms. The lowest BCUT2D eigenvalue weighted by Gasteiger charge is -2.13. The highest BCUT2D eigenvalue weighted by Crippen LogP contribution is 2.20. The first kappa shape index (κ1) is 11.8. The van der Waals surface area contributed by atoms with Crippen LogP contribution in [0.3, 0.4) is 0 Å². The van der Waals surface area contributed by atoms with Gasteiger partial charge in [-0.25, -0.2) is 0 Å². The topological polar surface area (TPSA) is 46.5 Å². The van der Waals surface area contributed by atoms with E-state index in [9.17, 15) is 4.79 Å². The number of rotatable bonds is 5. The maximum Gasteiger partial charge on any atom is 0.318 e. The average molecular weight is 192 g/mol. The van der Waals surface area contributed by atoms with Crippen molar-refractivity contribution in [1.82, 2.24) is 0 Å². The standard InChI is InChI=1S/C8H16O3S/c1-6(4-5-9)12-7(2)8(10)11-3/h6-7,9H,4-5H2,1-3H3. The molecule has 0 aromatic heterocycles. The molecule has 0 amide bonds. The fourth-order valence-corrected chi connectivity index (χ4v) is 1.97. The number of hydrogen-bond donors (Lipinski definition) is 1. The molecular weight excluding hydrogens is 176 g/mol. The molecule has 0 saturated heterocycles. The van der Waals surface area contributed by atoms with Crippen molar-refractivity contribution in [3.63, 3.8) is 0 Å². The van der Waals surface area contributed by atoms with E-state index in [1.165, 1.54) is 18.9 Å². The molecule has 3 nitrogen and oxygen atoms in total. The lowest BCUT2D eigenvalue weighted by Crippen LogP contribution is -2.18. The van der Waals surface area contributed by atoms with Crippen molar-refractivity contribution in [2.75, 3.05) is 13.7 Å². The molecule has 0 radical (unpaired) electrons. The number of carbonyl (C=O) groups is 1. The Hall–Kier alpha value is -0.220. The Morgan fingerprint density at radius 3 is 2.58 bits per heavy atom. The molecule has 0 aliphatic heterocycles. The zero-order valence-corrected chi connectivity index (χ0v) is 8.56. The van der Waals surface area contributed by atoms with Gasteiger partial charge in [-0.3, -0.25) is 4.79 Å². The summed E-state index contributed by atoms with van der Waals surface area (Å²) < 4.78 is 4.57. The van der Waals surface area contributed by atoms with E-state index in [1.54, 1.807) is 0 Å². The fraction of sp³-hybridized carbons (Fsp3) is 0.875. The van der Waals surface area contributed by atoms with Gasteiger partial charge in [-0.05, 0) is 13.3 Å². The van der Waals surface area contributed by atoms with Gasteiger partial charge in [0.05, 0.1) is 12.4 Å². The summed E-state index contributed by atoms with van der Waals surface area (Å²) in [5, 5.41) is 8.77. The average Bonchev–Trinajstić information content (AvgIpc) is 2.03. The van der Waals surface area contributed by atoms with E-state index in [4.69, 9.17) is 5.11 Å². The van der Waals surface area contributed by atoms with Crippen LogP contribution in [-0.2, 0) is 9.53 Å². The van der Waals surface area contributed by atoms with Crippen LogP contribution in [-0.4, -0.2) is 35.3 Å². The van der Waals surface area contributed by atoms with Crippen molar-refractivity contribution in [3.8, 4) is 0 Å². The van der Waals surface area contributed by atoms with Crippen LogP contribution in [0.1, 0.15) is 20.3 Å². The molecule has 0 heterocycles. The number of aliphatic hydroxyl groups excluding tert-OH is 1. The summed E-state index contributed by atoms with van der Waals surface area (Å²) >= 11 is 1.52. The van der Waals surface area contributed by atoms with E-state index in [0.717, 1.165) is 0 Å². The minimum absolute atomic E-state index is 0.142. The normalized spacial score (nSPS) is 15.3. The number of carbonyl (C=O) groups excluding carboxylic acids is 1. The van der Waals surface area contributed by atoms with E-state index in [1.807, 2.05) is 13.8 Å².